The van der Waals surface area contributed by atoms with Gasteiger partial charge in [-0.05, 0) is 69.4 Å². The van der Waals surface area contributed by atoms with Crippen molar-refractivity contribution in [2.24, 2.45) is 22.7 Å². The van der Waals surface area contributed by atoms with Crippen molar-refractivity contribution in [2.45, 2.75) is 167 Å². The Balaban J connectivity index is 1.57. The van der Waals surface area contributed by atoms with Gasteiger partial charge in [0.25, 0.3) is 0 Å². The number of esters is 4. The van der Waals surface area contributed by atoms with E-state index in [1.54, 1.807) is 71.9 Å². The number of alkyl carbamates (subject to hydrolysis) is 1. The third-order valence-corrected chi connectivity index (χ3v) is 13.4. The zero-order valence-corrected chi connectivity index (χ0v) is 37.6. The van der Waals surface area contributed by atoms with Crippen LogP contribution in [0.3, 0.4) is 0 Å². The van der Waals surface area contributed by atoms with Crippen LogP contribution in [0.4, 0.5) is 4.79 Å². The summed E-state index contributed by atoms with van der Waals surface area (Å²) in [6.45, 7) is 21.9. The fraction of sp³-hybridized carbons (Fsp3) is 0.674. The van der Waals surface area contributed by atoms with Crippen molar-refractivity contribution in [1.82, 2.24) is 5.32 Å². The van der Waals surface area contributed by atoms with E-state index in [0.29, 0.717) is 11.1 Å². The van der Waals surface area contributed by atoms with Crippen LogP contribution in [-0.2, 0) is 52.3 Å². The lowest BCUT2D eigenvalue weighted by atomic mass is 9.44. The summed E-state index contributed by atoms with van der Waals surface area (Å²) in [5.74, 6) is -4.57. The van der Waals surface area contributed by atoms with Gasteiger partial charge in [-0.25, -0.2) is 14.4 Å². The number of carbonyl (C=O) groups excluding carboxylic acids is 5. The third kappa shape index (κ3) is 8.28. The van der Waals surface area contributed by atoms with Gasteiger partial charge in [0.1, 0.15) is 35.6 Å². The van der Waals surface area contributed by atoms with Gasteiger partial charge in [0.15, 0.2) is 24.1 Å². The summed E-state index contributed by atoms with van der Waals surface area (Å²) in [6.07, 6.45) is -9.36. The number of amides is 1. The maximum atomic E-state index is 14.4. The van der Waals surface area contributed by atoms with Crippen molar-refractivity contribution in [1.29, 1.82) is 0 Å². The smallest absolute Gasteiger partial charge is 0.407 e. The summed E-state index contributed by atoms with van der Waals surface area (Å²) in [5, 5.41) is 28.1. The Labute approximate surface area is 362 Å². The van der Waals surface area contributed by atoms with Crippen molar-refractivity contribution in [2.75, 3.05) is 6.61 Å². The lowest BCUT2D eigenvalue weighted by Crippen LogP contribution is -2.83. The van der Waals surface area contributed by atoms with E-state index >= 15 is 0 Å². The highest BCUT2D eigenvalue weighted by Crippen LogP contribution is 2.67. The Morgan fingerprint density at radius 2 is 1.65 bits per heavy atom. The Hall–Kier alpha value is -4.35. The molecule has 6 rings (SSSR count). The summed E-state index contributed by atoms with van der Waals surface area (Å²) >= 11 is 0. The van der Waals surface area contributed by atoms with Gasteiger partial charge in [-0.2, -0.15) is 0 Å². The summed E-state index contributed by atoms with van der Waals surface area (Å²) < 4.78 is 50.2. The summed E-state index contributed by atoms with van der Waals surface area (Å²) in [5.41, 5.74) is -6.65. The van der Waals surface area contributed by atoms with E-state index in [2.05, 4.69) is 11.9 Å². The van der Waals surface area contributed by atoms with E-state index in [1.807, 2.05) is 20.8 Å². The van der Waals surface area contributed by atoms with Crippen LogP contribution in [0.2, 0.25) is 0 Å². The molecule has 2 saturated heterocycles. The number of fused-ring (bicyclic) bond motifs is 4. The standard InChI is InChI=1S/C46H63NO15/c1-13-32-58-30-20-31-45(22-55-31,61-26(6)49)36-38(60-39(51)27-17-15-14-16-18-27)46(54)21-29(57-40(52)34(50)28(19-23(2)3)47-41(53)62-42(7,8)9)24(4)33(43(46,10)11)35(56-25(5)48)37(59-32)44(30,36)12/h13-18,23,28-32,34-38,50,54H,1,19-22H2,2-12H3,(H,47,53)/t28-,29-,30-,31?,32-,34+,35-,36?,37-,38-,44+,45-,46+/m0/s1. The second-order valence-electron chi connectivity index (χ2n) is 19.5. The van der Waals surface area contributed by atoms with Crippen LogP contribution in [0.5, 0.6) is 0 Å². The predicted octanol–water partition coefficient (Wildman–Crippen LogP) is 4.87. The first-order chi connectivity index (χ1) is 28.8. The Morgan fingerprint density at radius 3 is 2.19 bits per heavy atom. The van der Waals surface area contributed by atoms with Crippen LogP contribution < -0.4 is 5.32 Å². The van der Waals surface area contributed by atoms with Gasteiger partial charge < -0.3 is 53.4 Å². The van der Waals surface area contributed by atoms with Gasteiger partial charge in [0.05, 0.1) is 30.2 Å². The Kier molecular flexibility index (Phi) is 12.9. The number of carbonyl (C=O) groups is 5. The number of hydrogen-bond acceptors (Lipinski definition) is 15. The highest BCUT2D eigenvalue weighted by Gasteiger charge is 2.79. The lowest BCUT2D eigenvalue weighted by molar-refractivity contribution is -0.405. The summed E-state index contributed by atoms with van der Waals surface area (Å²) in [4.78, 5) is 68.1. The molecule has 3 N–H and O–H groups in total. The third-order valence-electron chi connectivity index (χ3n) is 13.4. The number of ether oxygens (including phenoxy) is 8. The van der Waals surface area contributed by atoms with E-state index in [4.69, 9.17) is 37.9 Å². The fourth-order valence-corrected chi connectivity index (χ4v) is 10.7. The molecule has 2 bridgehead atoms. The van der Waals surface area contributed by atoms with Gasteiger partial charge in [-0.15, -0.1) is 0 Å². The second-order valence-corrected chi connectivity index (χ2v) is 19.5. The van der Waals surface area contributed by atoms with Gasteiger partial charge in [-0.1, -0.05) is 59.4 Å². The highest BCUT2D eigenvalue weighted by atomic mass is 16.7. The van der Waals surface area contributed by atoms with Crippen LogP contribution in [0.25, 0.3) is 0 Å². The molecule has 0 radical (unpaired) electrons. The van der Waals surface area contributed by atoms with Crippen molar-refractivity contribution < 1.29 is 72.1 Å². The molecule has 1 aromatic carbocycles. The van der Waals surface area contributed by atoms with Gasteiger partial charge >= 0.3 is 30.0 Å². The number of benzene rings is 1. The maximum absolute atomic E-state index is 14.4. The molecule has 16 nitrogen and oxygen atoms in total. The molecule has 16 heteroatoms. The summed E-state index contributed by atoms with van der Waals surface area (Å²) in [6, 6.07) is 7.04. The minimum atomic E-state index is -2.23. The average Bonchev–Trinajstić information content (AvgIpc) is 3.15. The number of hydrogen-bond donors (Lipinski definition) is 3. The van der Waals surface area contributed by atoms with Crippen LogP contribution in [0.1, 0.15) is 106 Å². The van der Waals surface area contributed by atoms with Crippen LogP contribution in [0.15, 0.2) is 54.1 Å². The first-order valence-corrected chi connectivity index (χ1v) is 21.3. The number of nitrogens with one attached hydrogen (secondary N) is 1. The molecule has 2 heterocycles. The minimum Gasteiger partial charge on any atom is -0.456 e. The topological polar surface area (TPSA) is 212 Å². The molecular formula is C46H63NO15. The number of aliphatic hydroxyl groups excluding tert-OH is 1. The normalized spacial score (nSPS) is 35.5. The van der Waals surface area contributed by atoms with Gasteiger partial charge in [0.2, 0.25) is 0 Å². The minimum absolute atomic E-state index is 0.0926. The molecule has 5 aliphatic rings. The Bertz CT molecular complexity index is 1960. The second kappa shape index (κ2) is 17.0. The zero-order chi connectivity index (χ0) is 45.9. The Morgan fingerprint density at radius 1 is 0.984 bits per heavy atom. The molecule has 2 saturated carbocycles. The van der Waals surface area contributed by atoms with E-state index in [9.17, 15) is 34.2 Å². The number of aliphatic hydroxyl groups is 2. The molecule has 4 fully saturated rings. The van der Waals surface area contributed by atoms with E-state index < -0.39 is 125 Å². The van der Waals surface area contributed by atoms with Crippen molar-refractivity contribution in [3.8, 4) is 0 Å². The molecule has 62 heavy (non-hydrogen) atoms. The first kappa shape index (κ1) is 47.1. The highest BCUT2D eigenvalue weighted by molar-refractivity contribution is 5.89. The molecule has 1 amide bonds. The first-order valence-electron chi connectivity index (χ1n) is 21.3. The zero-order valence-electron chi connectivity index (χ0n) is 37.6. The molecule has 1 aromatic rings. The van der Waals surface area contributed by atoms with Crippen LogP contribution in [0, 0.1) is 22.7 Å². The molecule has 0 spiro atoms. The van der Waals surface area contributed by atoms with Crippen LogP contribution in [-0.4, -0.2) is 119 Å². The largest absolute Gasteiger partial charge is 0.456 e. The molecule has 342 valence electrons. The van der Waals surface area contributed by atoms with E-state index in [0.717, 1.165) is 0 Å². The molecule has 3 aliphatic carbocycles. The SMILES string of the molecule is C=C[C@H]1O[C@H]2CC3OC[C@@]3(OC(C)=O)C3[C@H](OC(=O)c4ccccc4)[C@]4(O)C[C@H](OC(=O)[C@H](O)[C@H](CC(C)C)NC(=O)OC(C)(C)C)C(C)=C([C@H](OC(C)=O)[C@H](O1)[C@@]32C)C4(C)C. The van der Waals surface area contributed by atoms with Gasteiger partial charge in [-0.3, -0.25) is 9.59 Å². The molecule has 2 aliphatic heterocycles. The van der Waals surface area contributed by atoms with E-state index in [-0.39, 0.29) is 30.9 Å². The lowest BCUT2D eigenvalue weighted by Gasteiger charge is -2.71. The maximum Gasteiger partial charge on any atom is 0.407 e. The monoisotopic (exact) mass is 869 g/mol. The van der Waals surface area contributed by atoms with E-state index in [1.165, 1.54) is 19.9 Å². The van der Waals surface area contributed by atoms with Crippen molar-refractivity contribution in [3.63, 3.8) is 0 Å². The molecule has 2 unspecified atom stereocenters. The fourth-order valence-electron chi connectivity index (χ4n) is 10.7. The quantitative estimate of drug-likeness (QED) is 0.154. The number of rotatable bonds is 11. The average molecular weight is 870 g/mol. The van der Waals surface area contributed by atoms with Crippen LogP contribution >= 0.6 is 0 Å². The van der Waals surface area contributed by atoms with Crippen molar-refractivity contribution >= 4 is 30.0 Å². The van der Waals surface area contributed by atoms with Gasteiger partial charge in [0, 0.05) is 37.5 Å². The summed E-state index contributed by atoms with van der Waals surface area (Å²) in [7, 11) is 0. The molecular weight excluding hydrogens is 806 g/mol. The molecule has 0 aromatic heterocycles. The van der Waals surface area contributed by atoms with Crippen molar-refractivity contribution in [3.05, 3.63) is 59.7 Å². The predicted molar refractivity (Wildman–Crippen MR) is 220 cm³/mol. The molecule has 13 atom stereocenters.